The van der Waals surface area contributed by atoms with Crippen LogP contribution in [0, 0.1) is 5.82 Å². The SMILES string of the molecule is CC(=O)N1CCC2(CC1)C(=O)N(C1CC(N3CC4CCC(C3)O4)C1)c1cc(-c3cc4ncn(C(C)C)c4c(Nc4ccncc4F)n3)ccc12. The quantitative estimate of drug-likeness (QED) is 0.282. The zero-order valence-electron chi connectivity index (χ0n) is 28.8. The summed E-state index contributed by atoms with van der Waals surface area (Å²) >= 11 is 0. The second kappa shape index (κ2) is 11.8. The van der Waals surface area contributed by atoms with E-state index >= 15 is 0 Å². The molecule has 3 saturated heterocycles. The highest BCUT2D eigenvalue weighted by Gasteiger charge is 2.56. The molecule has 7 heterocycles. The molecule has 260 valence electrons. The minimum absolute atomic E-state index is 0.0523. The number of likely N-dealkylation sites (tertiary alicyclic amines) is 2. The van der Waals surface area contributed by atoms with Gasteiger partial charge in [0.25, 0.3) is 0 Å². The van der Waals surface area contributed by atoms with Crippen molar-refractivity contribution >= 4 is 40.0 Å². The number of nitrogens with one attached hydrogen (secondary N) is 1. The average Bonchev–Trinajstić information content (AvgIpc) is 3.74. The van der Waals surface area contributed by atoms with Crippen LogP contribution in [-0.2, 0) is 19.7 Å². The zero-order valence-corrected chi connectivity index (χ0v) is 28.8. The number of hydrogen-bond acceptors (Lipinski definition) is 8. The van der Waals surface area contributed by atoms with Gasteiger partial charge in [0.2, 0.25) is 11.8 Å². The third-order valence-corrected chi connectivity index (χ3v) is 11.9. The van der Waals surface area contributed by atoms with Crippen molar-refractivity contribution in [1.29, 1.82) is 0 Å². The van der Waals surface area contributed by atoms with Gasteiger partial charge in [-0.2, -0.15) is 0 Å². The summed E-state index contributed by atoms with van der Waals surface area (Å²) in [7, 11) is 0. The van der Waals surface area contributed by atoms with Crippen LogP contribution in [-0.4, -0.2) is 91.6 Å². The highest BCUT2D eigenvalue weighted by atomic mass is 19.1. The molecule has 11 nitrogen and oxygen atoms in total. The molecule has 4 aliphatic heterocycles. The van der Waals surface area contributed by atoms with Crippen LogP contribution in [0.25, 0.3) is 22.3 Å². The first-order valence-electron chi connectivity index (χ1n) is 18.1. The van der Waals surface area contributed by atoms with Gasteiger partial charge in [0.05, 0.1) is 47.0 Å². The van der Waals surface area contributed by atoms with E-state index < -0.39 is 11.2 Å². The monoisotopic (exact) mass is 678 g/mol. The molecule has 9 rings (SSSR count). The molecular formula is C38H43FN8O3. The van der Waals surface area contributed by atoms with Crippen LogP contribution in [0.15, 0.2) is 49.1 Å². The number of pyridine rings is 2. The van der Waals surface area contributed by atoms with Gasteiger partial charge in [-0.1, -0.05) is 12.1 Å². The van der Waals surface area contributed by atoms with E-state index in [4.69, 9.17) is 14.7 Å². The second-order valence-corrected chi connectivity index (χ2v) is 15.1. The Morgan fingerprint density at radius 3 is 2.52 bits per heavy atom. The van der Waals surface area contributed by atoms with Crippen LogP contribution in [0.1, 0.15) is 70.9 Å². The smallest absolute Gasteiger partial charge is 0.238 e. The van der Waals surface area contributed by atoms with Crippen LogP contribution in [0.4, 0.5) is 21.6 Å². The van der Waals surface area contributed by atoms with E-state index in [0.717, 1.165) is 66.6 Å². The lowest BCUT2D eigenvalue weighted by Crippen LogP contribution is -2.60. The summed E-state index contributed by atoms with van der Waals surface area (Å²) in [5.74, 6) is 0.237. The number of carbonyl (C=O) groups excluding carboxylic acids is 2. The van der Waals surface area contributed by atoms with Gasteiger partial charge >= 0.3 is 0 Å². The maximum absolute atomic E-state index is 14.8. The number of carbonyl (C=O) groups is 2. The second-order valence-electron chi connectivity index (χ2n) is 15.1. The predicted octanol–water partition coefficient (Wildman–Crippen LogP) is 5.58. The Labute approximate surface area is 290 Å². The van der Waals surface area contributed by atoms with Crippen molar-refractivity contribution in [1.82, 2.24) is 29.3 Å². The number of imidazole rings is 1. The van der Waals surface area contributed by atoms with E-state index in [1.165, 1.54) is 6.20 Å². The molecule has 2 bridgehead atoms. The standard InChI is InChI=1S/C38H43FN8O3/c1-22(2)46-21-41-33-17-32(43-36(35(33)46)42-31-8-11-40-18-30(31)39)24-4-7-29-34(14-24)47(37(49)38(29)9-12-44(13-10-38)23(3)48)26-15-25(16-26)45-19-27-5-6-28(20-45)50-27/h4,7-8,11,14,17-18,21-22,25-28H,5-6,9-10,12-13,15-16,19-20H2,1-3H3,(H,40,42,43). The van der Waals surface area contributed by atoms with E-state index in [0.29, 0.717) is 55.7 Å². The lowest BCUT2D eigenvalue weighted by atomic mass is 9.73. The minimum Gasteiger partial charge on any atom is -0.372 e. The van der Waals surface area contributed by atoms with Crippen LogP contribution in [0.3, 0.4) is 0 Å². The zero-order chi connectivity index (χ0) is 34.3. The first-order chi connectivity index (χ1) is 24.2. The molecule has 5 aliphatic rings. The Hall–Kier alpha value is -4.42. The molecule has 1 saturated carbocycles. The fourth-order valence-electron chi connectivity index (χ4n) is 9.10. The fourth-order valence-corrected chi connectivity index (χ4v) is 9.10. The highest BCUT2D eigenvalue weighted by Crippen LogP contribution is 2.52. The van der Waals surface area contributed by atoms with Crippen LogP contribution < -0.4 is 10.2 Å². The largest absolute Gasteiger partial charge is 0.372 e. The normalized spacial score (nSPS) is 25.8. The number of amides is 2. The Kier molecular flexibility index (Phi) is 7.47. The van der Waals surface area contributed by atoms with E-state index in [1.807, 2.05) is 21.6 Å². The Morgan fingerprint density at radius 1 is 1.06 bits per heavy atom. The molecule has 2 unspecified atom stereocenters. The van der Waals surface area contributed by atoms with Crippen LogP contribution >= 0.6 is 0 Å². The topological polar surface area (TPSA) is 109 Å². The molecule has 1 aliphatic carbocycles. The third kappa shape index (κ3) is 5.01. The number of morpholine rings is 1. The summed E-state index contributed by atoms with van der Waals surface area (Å²) in [6, 6.07) is 10.5. The van der Waals surface area contributed by atoms with Crippen LogP contribution in [0.2, 0.25) is 0 Å². The van der Waals surface area contributed by atoms with Gasteiger partial charge in [-0.3, -0.25) is 19.5 Å². The number of piperidine rings is 1. The van der Waals surface area contributed by atoms with Gasteiger partial charge in [-0.25, -0.2) is 14.4 Å². The molecular weight excluding hydrogens is 635 g/mol. The van der Waals surface area contributed by atoms with Gasteiger partial charge < -0.3 is 24.4 Å². The highest BCUT2D eigenvalue weighted by molar-refractivity contribution is 6.09. The number of ether oxygens (including phenoxy) is 1. The lowest BCUT2D eigenvalue weighted by molar-refractivity contribution is -0.134. The van der Waals surface area contributed by atoms with Crippen molar-refractivity contribution in [3.63, 3.8) is 0 Å². The van der Waals surface area contributed by atoms with Gasteiger partial charge in [-0.15, -0.1) is 0 Å². The summed E-state index contributed by atoms with van der Waals surface area (Å²) in [5.41, 5.74) is 4.68. The van der Waals surface area contributed by atoms with E-state index in [9.17, 15) is 14.0 Å². The number of aromatic nitrogens is 4. The number of hydrogen-bond donors (Lipinski definition) is 1. The number of benzene rings is 1. The van der Waals surface area contributed by atoms with Crippen molar-refractivity contribution in [3.05, 3.63) is 60.4 Å². The molecule has 0 radical (unpaired) electrons. The van der Waals surface area contributed by atoms with Crippen molar-refractivity contribution < 1.29 is 18.7 Å². The molecule has 50 heavy (non-hydrogen) atoms. The number of fused-ring (bicyclic) bond motifs is 5. The first-order valence-corrected chi connectivity index (χ1v) is 18.1. The van der Waals surface area contributed by atoms with Gasteiger partial charge in [0.1, 0.15) is 5.52 Å². The van der Waals surface area contributed by atoms with Gasteiger partial charge in [0.15, 0.2) is 11.6 Å². The van der Waals surface area contributed by atoms with Crippen LogP contribution in [0.5, 0.6) is 0 Å². The van der Waals surface area contributed by atoms with Crippen molar-refractivity contribution in [3.8, 4) is 11.3 Å². The Bertz CT molecular complexity index is 1990. The minimum atomic E-state index is -0.651. The van der Waals surface area contributed by atoms with E-state index in [2.05, 4.69) is 46.1 Å². The number of halogens is 1. The third-order valence-electron chi connectivity index (χ3n) is 11.9. The Morgan fingerprint density at radius 2 is 1.82 bits per heavy atom. The molecule has 3 aromatic heterocycles. The van der Waals surface area contributed by atoms with Crippen molar-refractivity contribution in [2.75, 3.05) is 36.4 Å². The van der Waals surface area contributed by atoms with E-state index in [1.54, 1.807) is 25.5 Å². The summed E-state index contributed by atoms with van der Waals surface area (Å²) in [5, 5.41) is 3.22. The molecule has 4 aromatic rings. The molecule has 2 amide bonds. The molecule has 2 atom stereocenters. The molecule has 1 N–H and O–H groups in total. The maximum atomic E-state index is 14.8. The molecule has 1 aromatic carbocycles. The average molecular weight is 679 g/mol. The number of nitrogens with zero attached hydrogens (tertiary/aromatic N) is 7. The summed E-state index contributed by atoms with van der Waals surface area (Å²) < 4.78 is 23.0. The van der Waals surface area contributed by atoms with Crippen molar-refractivity contribution in [2.24, 2.45) is 0 Å². The molecule has 12 heteroatoms. The lowest BCUT2D eigenvalue weighted by Gasteiger charge is -2.49. The Balaban J connectivity index is 1.09. The number of anilines is 3. The van der Waals surface area contributed by atoms with Gasteiger partial charge in [0, 0.05) is 68.7 Å². The van der Waals surface area contributed by atoms with E-state index in [-0.39, 0.29) is 29.6 Å². The maximum Gasteiger partial charge on any atom is 0.238 e. The molecule has 1 spiro atoms. The van der Waals surface area contributed by atoms with Crippen molar-refractivity contribution in [2.45, 2.75) is 95.0 Å². The van der Waals surface area contributed by atoms with Gasteiger partial charge in [-0.05, 0) is 76.1 Å². The fraction of sp³-hybridized carbons (Fsp3) is 0.500. The summed E-state index contributed by atoms with van der Waals surface area (Å²) in [6.07, 6.45) is 10.6. The summed E-state index contributed by atoms with van der Waals surface area (Å²) in [6.45, 7) is 8.84. The summed E-state index contributed by atoms with van der Waals surface area (Å²) in [4.78, 5) is 47.2. The predicted molar refractivity (Wildman–Crippen MR) is 188 cm³/mol. The molecule has 4 fully saturated rings. The first kappa shape index (κ1) is 31.6. The number of rotatable bonds is 6.